The van der Waals surface area contributed by atoms with Gasteiger partial charge in [0.15, 0.2) is 0 Å². The third-order valence-corrected chi connectivity index (χ3v) is 11.1. The molecule has 0 spiro atoms. The molecule has 0 atom stereocenters. The Bertz CT molecular complexity index is 2990. The van der Waals surface area contributed by atoms with Gasteiger partial charge in [0.05, 0.1) is 22.7 Å². The number of benzene rings is 9. The van der Waals surface area contributed by atoms with Gasteiger partial charge in [0.25, 0.3) is 0 Å². The van der Waals surface area contributed by atoms with E-state index in [1.807, 2.05) is 30.3 Å². The minimum absolute atomic E-state index is 0.657. The third-order valence-electron chi connectivity index (χ3n) is 11.1. The van der Waals surface area contributed by atoms with Gasteiger partial charge in [-0.25, -0.2) is 0 Å². The van der Waals surface area contributed by atoms with E-state index in [9.17, 15) is 5.26 Å². The van der Waals surface area contributed by atoms with Crippen molar-refractivity contribution < 1.29 is 0 Å². The number of rotatable bonds is 8. The topological polar surface area (TPSA) is 32.0 Å². The summed E-state index contributed by atoms with van der Waals surface area (Å²) < 4.78 is 2.35. The monoisotopic (exact) mass is 739 g/mol. The molecule has 0 saturated carbocycles. The number of nitriles is 1. The Balaban J connectivity index is 0.968. The van der Waals surface area contributed by atoms with Gasteiger partial charge < -0.3 is 9.47 Å². The van der Waals surface area contributed by atoms with E-state index in [0.717, 1.165) is 45.0 Å². The quantitative estimate of drug-likeness (QED) is 0.155. The van der Waals surface area contributed by atoms with Crippen LogP contribution < -0.4 is 4.90 Å². The molecule has 3 heteroatoms. The lowest BCUT2D eigenvalue weighted by molar-refractivity contribution is 1.18. The maximum Gasteiger partial charge on any atom is 0.0991 e. The van der Waals surface area contributed by atoms with E-state index in [-0.39, 0.29) is 0 Å². The average molecular weight is 740 g/mol. The molecule has 0 aliphatic carbocycles. The zero-order valence-corrected chi connectivity index (χ0v) is 31.7. The zero-order valence-electron chi connectivity index (χ0n) is 31.7. The van der Waals surface area contributed by atoms with Crippen LogP contribution in [0.25, 0.3) is 72.0 Å². The first-order valence-electron chi connectivity index (χ1n) is 19.6. The molecule has 0 unspecified atom stereocenters. The van der Waals surface area contributed by atoms with Crippen molar-refractivity contribution in [1.82, 2.24) is 4.57 Å². The van der Waals surface area contributed by atoms with Gasteiger partial charge in [-0.05, 0) is 117 Å². The van der Waals surface area contributed by atoms with Crippen LogP contribution >= 0.6 is 0 Å². The maximum absolute atomic E-state index is 9.28. The Labute approximate surface area is 338 Å². The normalized spacial score (nSPS) is 11.1. The summed E-state index contributed by atoms with van der Waals surface area (Å²) in [5, 5.41) is 11.8. The molecular weight excluding hydrogens is 703 g/mol. The first-order chi connectivity index (χ1) is 28.7. The fourth-order valence-electron chi connectivity index (χ4n) is 8.08. The lowest BCUT2D eigenvalue weighted by Gasteiger charge is -2.26. The van der Waals surface area contributed by atoms with Crippen LogP contribution in [-0.4, -0.2) is 4.57 Å². The summed E-state index contributed by atoms with van der Waals surface area (Å²) in [5.74, 6) is 0. The SMILES string of the molecule is N#Cc1ccc(-c2ccc(N(c3ccc(-c4ccc(-c5ccccc5)cc4)cc3)c3ccc(-c4ccc(-n5c6ccccc6c6ccccc65)cc4)cc3)cc2)cc1. The third kappa shape index (κ3) is 6.49. The van der Waals surface area contributed by atoms with Gasteiger partial charge in [0.1, 0.15) is 0 Å². The van der Waals surface area contributed by atoms with Crippen LogP contribution in [0.15, 0.2) is 224 Å². The molecular formula is C55H37N3. The molecule has 1 heterocycles. The molecule has 0 radical (unpaired) electrons. The summed E-state index contributed by atoms with van der Waals surface area (Å²) >= 11 is 0. The Morgan fingerprint density at radius 3 is 1.02 bits per heavy atom. The fourth-order valence-corrected chi connectivity index (χ4v) is 8.08. The van der Waals surface area contributed by atoms with Crippen molar-refractivity contribution in [3.8, 4) is 56.3 Å². The number of nitrogens with zero attached hydrogens (tertiary/aromatic N) is 3. The van der Waals surface area contributed by atoms with Crippen LogP contribution in [0, 0.1) is 11.3 Å². The highest BCUT2D eigenvalue weighted by molar-refractivity contribution is 6.09. The first-order valence-corrected chi connectivity index (χ1v) is 19.6. The van der Waals surface area contributed by atoms with Crippen molar-refractivity contribution in [2.75, 3.05) is 4.90 Å². The number of hydrogen-bond acceptors (Lipinski definition) is 2. The van der Waals surface area contributed by atoms with Crippen molar-refractivity contribution in [3.05, 3.63) is 230 Å². The summed E-state index contributed by atoms with van der Waals surface area (Å²) in [6.07, 6.45) is 0. The second kappa shape index (κ2) is 15.0. The van der Waals surface area contributed by atoms with E-state index in [1.54, 1.807) is 0 Å². The number of fused-ring (bicyclic) bond motifs is 3. The Kier molecular flexibility index (Phi) is 8.91. The second-order valence-electron chi connectivity index (χ2n) is 14.5. The predicted molar refractivity (Wildman–Crippen MR) is 242 cm³/mol. The Hall–Kier alpha value is -7.93. The van der Waals surface area contributed by atoms with Gasteiger partial charge in [-0.3, -0.25) is 0 Å². The molecule has 0 fully saturated rings. The van der Waals surface area contributed by atoms with Gasteiger partial charge in [-0.1, -0.05) is 152 Å². The Morgan fingerprint density at radius 1 is 0.310 bits per heavy atom. The molecule has 0 bridgehead atoms. The van der Waals surface area contributed by atoms with Crippen molar-refractivity contribution in [1.29, 1.82) is 5.26 Å². The summed E-state index contributed by atoms with van der Waals surface area (Å²) in [6.45, 7) is 0. The van der Waals surface area contributed by atoms with E-state index >= 15 is 0 Å². The van der Waals surface area contributed by atoms with Crippen LogP contribution in [0.2, 0.25) is 0 Å². The number of anilines is 3. The highest BCUT2D eigenvalue weighted by Gasteiger charge is 2.15. The predicted octanol–water partition coefficient (Wildman–Crippen LogP) is 14.8. The molecule has 0 aliphatic rings. The van der Waals surface area contributed by atoms with Crippen LogP contribution in [0.5, 0.6) is 0 Å². The first kappa shape index (κ1) is 34.6. The van der Waals surface area contributed by atoms with Crippen molar-refractivity contribution >= 4 is 38.9 Å². The number of para-hydroxylation sites is 2. The number of hydrogen-bond donors (Lipinski definition) is 0. The molecule has 0 aliphatic heterocycles. The average Bonchev–Trinajstić information content (AvgIpc) is 3.65. The van der Waals surface area contributed by atoms with Crippen LogP contribution in [0.3, 0.4) is 0 Å². The summed E-state index contributed by atoms with van der Waals surface area (Å²) in [7, 11) is 0. The minimum Gasteiger partial charge on any atom is -0.311 e. The largest absolute Gasteiger partial charge is 0.311 e. The maximum atomic E-state index is 9.28. The van der Waals surface area contributed by atoms with E-state index in [1.165, 1.54) is 44.1 Å². The van der Waals surface area contributed by atoms with Gasteiger partial charge >= 0.3 is 0 Å². The molecule has 9 aromatic carbocycles. The highest BCUT2D eigenvalue weighted by Crippen LogP contribution is 2.39. The highest BCUT2D eigenvalue weighted by atomic mass is 15.1. The summed E-state index contributed by atoms with van der Waals surface area (Å²) in [4.78, 5) is 2.31. The molecule has 10 aromatic rings. The number of aromatic nitrogens is 1. The van der Waals surface area contributed by atoms with Crippen LogP contribution in [-0.2, 0) is 0 Å². The fraction of sp³-hybridized carbons (Fsp3) is 0. The van der Waals surface area contributed by atoms with E-state index < -0.39 is 0 Å². The summed E-state index contributed by atoms with van der Waals surface area (Å²) in [6, 6.07) is 81.7. The van der Waals surface area contributed by atoms with Crippen molar-refractivity contribution in [2.45, 2.75) is 0 Å². The molecule has 58 heavy (non-hydrogen) atoms. The Morgan fingerprint density at radius 2 is 0.621 bits per heavy atom. The van der Waals surface area contributed by atoms with E-state index in [2.05, 4.69) is 210 Å². The molecule has 1 aromatic heterocycles. The molecule has 0 amide bonds. The van der Waals surface area contributed by atoms with Gasteiger partial charge in [0, 0.05) is 33.5 Å². The molecule has 0 saturated heterocycles. The van der Waals surface area contributed by atoms with Gasteiger partial charge in [-0.15, -0.1) is 0 Å². The smallest absolute Gasteiger partial charge is 0.0991 e. The van der Waals surface area contributed by atoms with Crippen molar-refractivity contribution in [2.24, 2.45) is 0 Å². The summed E-state index contributed by atoms with van der Waals surface area (Å²) in [5.41, 5.74) is 16.7. The van der Waals surface area contributed by atoms with Crippen LogP contribution in [0.4, 0.5) is 17.1 Å². The van der Waals surface area contributed by atoms with Gasteiger partial charge in [-0.2, -0.15) is 5.26 Å². The lowest BCUT2D eigenvalue weighted by Crippen LogP contribution is -2.09. The molecule has 0 N–H and O–H groups in total. The van der Waals surface area contributed by atoms with E-state index in [4.69, 9.17) is 0 Å². The lowest BCUT2D eigenvalue weighted by atomic mass is 10.00. The molecule has 10 rings (SSSR count). The minimum atomic E-state index is 0.657. The molecule has 3 nitrogen and oxygen atoms in total. The van der Waals surface area contributed by atoms with E-state index in [0.29, 0.717) is 5.56 Å². The van der Waals surface area contributed by atoms with Crippen molar-refractivity contribution in [3.63, 3.8) is 0 Å². The molecule has 272 valence electrons. The zero-order chi connectivity index (χ0) is 38.8. The standard InChI is InChI=1S/C55H37N3/c56-38-39-14-16-41(17-15-39)44-22-30-48(31-23-44)57(49-32-24-45(25-33-49)43-20-18-42(19-21-43)40-8-2-1-3-9-40)50-34-26-46(27-35-50)47-28-36-51(37-29-47)58-54-12-6-4-10-52(54)53-11-5-7-13-55(53)58/h1-37H. The van der Waals surface area contributed by atoms with Gasteiger partial charge in [0.2, 0.25) is 0 Å². The van der Waals surface area contributed by atoms with Crippen LogP contribution in [0.1, 0.15) is 5.56 Å². The second-order valence-corrected chi connectivity index (χ2v) is 14.5.